The molecule has 164 valence electrons. The standard InChI is InChI=1S/C25H18FN3O2S2/c1-15-21(23(30)28-18-6-3-2-4-7-18)22(16-9-11-17(26)12-10-16)29-24(31)20(33-25(29)27-15)14-19-8-5-13-32-19/h2-14,22H,1H3,(H,28,30)/b20-14-/t22-/m1/s1. The normalized spacial score (nSPS) is 15.8. The molecule has 4 aromatic rings. The first kappa shape index (κ1) is 21.2. The molecule has 0 aliphatic carbocycles. The average molecular weight is 476 g/mol. The van der Waals surface area contributed by atoms with Gasteiger partial charge in [-0.05, 0) is 54.3 Å². The summed E-state index contributed by atoms with van der Waals surface area (Å²) in [6.45, 7) is 1.76. The molecule has 0 saturated heterocycles. The van der Waals surface area contributed by atoms with Crippen LogP contribution in [0, 0.1) is 5.82 Å². The zero-order chi connectivity index (χ0) is 22.9. The highest BCUT2D eigenvalue weighted by atomic mass is 32.1. The SMILES string of the molecule is CC1=C(C(=O)Nc2ccccc2)[C@@H](c2ccc(F)cc2)n2c(s/c(=C\c3cccs3)c2=O)=N1. The van der Waals surface area contributed by atoms with Crippen LogP contribution < -0.4 is 20.2 Å². The maximum absolute atomic E-state index is 13.7. The van der Waals surface area contributed by atoms with Crippen LogP contribution in [0.3, 0.4) is 0 Å². The maximum atomic E-state index is 13.7. The van der Waals surface area contributed by atoms with Gasteiger partial charge in [-0.15, -0.1) is 11.3 Å². The zero-order valence-corrected chi connectivity index (χ0v) is 19.1. The van der Waals surface area contributed by atoms with Gasteiger partial charge in [0.1, 0.15) is 5.82 Å². The van der Waals surface area contributed by atoms with Crippen molar-refractivity contribution in [1.82, 2.24) is 4.57 Å². The molecule has 2 aromatic carbocycles. The van der Waals surface area contributed by atoms with E-state index in [4.69, 9.17) is 0 Å². The molecule has 33 heavy (non-hydrogen) atoms. The van der Waals surface area contributed by atoms with Gasteiger partial charge in [-0.1, -0.05) is 47.7 Å². The molecule has 0 fully saturated rings. The number of halogens is 1. The summed E-state index contributed by atoms with van der Waals surface area (Å²) >= 11 is 2.81. The highest BCUT2D eigenvalue weighted by Crippen LogP contribution is 2.30. The Morgan fingerprint density at radius 3 is 2.55 bits per heavy atom. The predicted molar refractivity (Wildman–Crippen MR) is 130 cm³/mol. The number of hydrogen-bond acceptors (Lipinski definition) is 5. The Morgan fingerprint density at radius 2 is 1.85 bits per heavy atom. The molecule has 3 heterocycles. The third-order valence-electron chi connectivity index (χ3n) is 5.30. The first-order valence-corrected chi connectivity index (χ1v) is 11.9. The number of carbonyl (C=O) groups is 1. The number of nitrogens with one attached hydrogen (secondary N) is 1. The van der Waals surface area contributed by atoms with Gasteiger partial charge in [0.2, 0.25) is 0 Å². The Kier molecular flexibility index (Phi) is 5.62. The van der Waals surface area contributed by atoms with Crippen molar-refractivity contribution >= 4 is 40.3 Å². The van der Waals surface area contributed by atoms with Gasteiger partial charge in [0.15, 0.2) is 4.80 Å². The summed E-state index contributed by atoms with van der Waals surface area (Å²) in [5.41, 5.74) is 1.89. The van der Waals surface area contributed by atoms with E-state index in [1.165, 1.54) is 39.4 Å². The monoisotopic (exact) mass is 475 g/mol. The number of para-hydroxylation sites is 1. The van der Waals surface area contributed by atoms with Crippen LogP contribution >= 0.6 is 22.7 Å². The molecule has 0 bridgehead atoms. The third kappa shape index (κ3) is 4.10. The molecule has 1 N–H and O–H groups in total. The Balaban J connectivity index is 1.68. The molecule has 5 rings (SSSR count). The molecule has 0 spiro atoms. The second-order valence-corrected chi connectivity index (χ2v) is 9.46. The van der Waals surface area contributed by atoms with E-state index in [-0.39, 0.29) is 17.3 Å². The Labute approximate surface area is 196 Å². The molecule has 1 aliphatic heterocycles. The molecular weight excluding hydrogens is 457 g/mol. The van der Waals surface area contributed by atoms with Gasteiger partial charge < -0.3 is 5.32 Å². The lowest BCUT2D eigenvalue weighted by Crippen LogP contribution is -2.40. The lowest BCUT2D eigenvalue weighted by Gasteiger charge is -2.25. The highest BCUT2D eigenvalue weighted by molar-refractivity contribution is 7.11. The molecule has 1 aliphatic rings. The number of hydrogen-bond donors (Lipinski definition) is 1. The van der Waals surface area contributed by atoms with E-state index < -0.39 is 6.04 Å². The fourth-order valence-corrected chi connectivity index (χ4v) is 5.56. The van der Waals surface area contributed by atoms with Crippen molar-refractivity contribution in [2.45, 2.75) is 13.0 Å². The minimum atomic E-state index is -0.726. The number of anilines is 1. The third-order valence-corrected chi connectivity index (χ3v) is 7.10. The van der Waals surface area contributed by atoms with Gasteiger partial charge >= 0.3 is 0 Å². The van der Waals surface area contributed by atoms with Gasteiger partial charge in [0.05, 0.1) is 21.8 Å². The molecule has 1 amide bonds. The summed E-state index contributed by atoms with van der Waals surface area (Å²) in [5.74, 6) is -0.746. The van der Waals surface area contributed by atoms with Gasteiger partial charge in [0, 0.05) is 10.6 Å². The number of carbonyl (C=O) groups excluding carboxylic acids is 1. The van der Waals surface area contributed by atoms with Crippen molar-refractivity contribution < 1.29 is 9.18 Å². The predicted octanol–water partition coefficient (Wildman–Crippen LogP) is 4.07. The summed E-state index contributed by atoms with van der Waals surface area (Å²) in [4.78, 5) is 32.9. The smallest absolute Gasteiger partial charge is 0.271 e. The summed E-state index contributed by atoms with van der Waals surface area (Å²) in [5, 5.41) is 4.84. The van der Waals surface area contributed by atoms with Crippen LogP contribution in [0.25, 0.3) is 6.08 Å². The average Bonchev–Trinajstić information content (AvgIpc) is 3.42. The number of amides is 1. The number of nitrogens with zero attached hydrogens (tertiary/aromatic N) is 2. The topological polar surface area (TPSA) is 63.5 Å². The van der Waals surface area contributed by atoms with Crippen molar-refractivity contribution in [1.29, 1.82) is 0 Å². The van der Waals surface area contributed by atoms with E-state index in [1.807, 2.05) is 41.8 Å². The van der Waals surface area contributed by atoms with Crippen LogP contribution in [0.1, 0.15) is 23.4 Å². The Hall–Kier alpha value is -3.62. The summed E-state index contributed by atoms with van der Waals surface area (Å²) in [6.07, 6.45) is 1.83. The van der Waals surface area contributed by atoms with Crippen molar-refractivity contribution in [2.75, 3.05) is 5.32 Å². The van der Waals surface area contributed by atoms with Gasteiger partial charge in [0.25, 0.3) is 11.5 Å². The minimum Gasteiger partial charge on any atom is -0.322 e. The van der Waals surface area contributed by atoms with E-state index in [9.17, 15) is 14.0 Å². The van der Waals surface area contributed by atoms with E-state index >= 15 is 0 Å². The number of aromatic nitrogens is 1. The lowest BCUT2D eigenvalue weighted by atomic mass is 9.95. The second-order valence-electron chi connectivity index (χ2n) is 7.47. The largest absolute Gasteiger partial charge is 0.322 e. The van der Waals surface area contributed by atoms with Crippen molar-refractivity contribution in [3.63, 3.8) is 0 Å². The van der Waals surface area contributed by atoms with E-state index in [0.717, 1.165) is 4.88 Å². The molecular formula is C25H18FN3O2S2. The number of benzene rings is 2. The molecule has 1 atom stereocenters. The Morgan fingerprint density at radius 1 is 1.09 bits per heavy atom. The summed E-state index contributed by atoms with van der Waals surface area (Å²) in [7, 11) is 0. The minimum absolute atomic E-state index is 0.237. The first-order valence-electron chi connectivity index (χ1n) is 10.2. The zero-order valence-electron chi connectivity index (χ0n) is 17.5. The van der Waals surface area contributed by atoms with E-state index in [2.05, 4.69) is 10.3 Å². The second kappa shape index (κ2) is 8.73. The fraction of sp³-hybridized carbons (Fsp3) is 0.0800. The summed E-state index contributed by atoms with van der Waals surface area (Å²) in [6, 6.07) is 18.1. The number of rotatable bonds is 4. The van der Waals surface area contributed by atoms with Crippen molar-refractivity contribution in [3.8, 4) is 0 Å². The molecule has 0 saturated carbocycles. The van der Waals surface area contributed by atoms with Crippen LogP contribution in [0.4, 0.5) is 10.1 Å². The number of fused-ring (bicyclic) bond motifs is 1. The number of thiazole rings is 1. The molecule has 5 nitrogen and oxygen atoms in total. The van der Waals surface area contributed by atoms with Crippen LogP contribution in [0.15, 0.2) is 93.2 Å². The number of allylic oxidation sites excluding steroid dienone is 1. The highest BCUT2D eigenvalue weighted by Gasteiger charge is 2.32. The molecule has 0 radical (unpaired) electrons. The molecule has 8 heteroatoms. The van der Waals surface area contributed by atoms with Gasteiger partial charge in [-0.2, -0.15) is 0 Å². The Bertz CT molecular complexity index is 1530. The van der Waals surface area contributed by atoms with Crippen LogP contribution in [-0.2, 0) is 4.79 Å². The quantitative estimate of drug-likeness (QED) is 0.484. The first-order chi connectivity index (χ1) is 16.0. The number of thiophene rings is 1. The van der Waals surface area contributed by atoms with E-state index in [0.29, 0.717) is 31.9 Å². The van der Waals surface area contributed by atoms with Crippen molar-refractivity contribution in [3.05, 3.63) is 119 Å². The van der Waals surface area contributed by atoms with Crippen molar-refractivity contribution in [2.24, 2.45) is 4.99 Å². The molecule has 0 unspecified atom stereocenters. The lowest BCUT2D eigenvalue weighted by molar-refractivity contribution is -0.113. The van der Waals surface area contributed by atoms with Crippen LogP contribution in [-0.4, -0.2) is 10.5 Å². The fourth-order valence-electron chi connectivity index (χ4n) is 3.79. The van der Waals surface area contributed by atoms with Crippen LogP contribution in [0.2, 0.25) is 0 Å². The molecule has 2 aromatic heterocycles. The maximum Gasteiger partial charge on any atom is 0.271 e. The van der Waals surface area contributed by atoms with E-state index in [1.54, 1.807) is 31.2 Å². The van der Waals surface area contributed by atoms with Gasteiger partial charge in [-0.3, -0.25) is 14.2 Å². The van der Waals surface area contributed by atoms with Gasteiger partial charge in [-0.25, -0.2) is 9.38 Å². The summed E-state index contributed by atoms with van der Waals surface area (Å²) < 4.78 is 15.7. The van der Waals surface area contributed by atoms with Crippen LogP contribution in [0.5, 0.6) is 0 Å².